The molecule has 0 spiro atoms. The van der Waals surface area contributed by atoms with E-state index in [1.54, 1.807) is 0 Å². The molecule has 88 valence electrons. The maximum atomic E-state index is 11.4. The molecule has 0 radical (unpaired) electrons. The Labute approximate surface area is 104 Å². The van der Waals surface area contributed by atoms with Gasteiger partial charge in [0, 0.05) is 13.0 Å². The normalized spacial score (nSPS) is 13.1. The zero-order valence-corrected chi connectivity index (χ0v) is 11.8. The molecule has 0 aliphatic rings. The van der Waals surface area contributed by atoms with Crippen molar-refractivity contribution >= 4 is 34.5 Å². The lowest BCUT2D eigenvalue weighted by Gasteiger charge is -2.17. The molecule has 1 amide bonds. The lowest BCUT2D eigenvalue weighted by atomic mass is 9.92. The third kappa shape index (κ3) is 7.58. The topological polar surface area (TPSA) is 55.4 Å². The van der Waals surface area contributed by atoms with Crippen molar-refractivity contribution in [3.8, 4) is 0 Å². The maximum absolute atomic E-state index is 11.4. The largest absolute Gasteiger partial charge is 0.468 e. The van der Waals surface area contributed by atoms with E-state index in [0.29, 0.717) is 13.0 Å². The summed E-state index contributed by atoms with van der Waals surface area (Å²) in [6, 6.07) is 0. The van der Waals surface area contributed by atoms with Crippen LogP contribution in [-0.4, -0.2) is 29.5 Å². The fourth-order valence-corrected chi connectivity index (χ4v) is 1.43. The number of esters is 1. The Morgan fingerprint density at radius 2 is 1.93 bits per heavy atom. The second-order valence-corrected chi connectivity index (χ2v) is 6.04. The van der Waals surface area contributed by atoms with Gasteiger partial charge in [-0.15, -0.1) is 0 Å². The first kappa shape index (κ1) is 14.7. The molecule has 0 aliphatic carbocycles. The van der Waals surface area contributed by atoms with Crippen LogP contribution in [0.3, 0.4) is 0 Å². The van der Waals surface area contributed by atoms with Crippen LogP contribution in [0.5, 0.6) is 0 Å². The van der Waals surface area contributed by atoms with E-state index in [-0.39, 0.29) is 21.2 Å². The van der Waals surface area contributed by atoms with Crippen molar-refractivity contribution in [2.45, 2.75) is 31.1 Å². The monoisotopic (exact) mass is 327 g/mol. The van der Waals surface area contributed by atoms with Gasteiger partial charge in [0.2, 0.25) is 5.91 Å². The van der Waals surface area contributed by atoms with Gasteiger partial charge in [-0.1, -0.05) is 43.4 Å². The minimum Gasteiger partial charge on any atom is -0.468 e. The predicted octanol–water partition coefficient (Wildman–Crippen LogP) is 1.52. The first-order chi connectivity index (χ1) is 6.76. The summed E-state index contributed by atoms with van der Waals surface area (Å²) in [7, 11) is 1.34. The quantitative estimate of drug-likeness (QED) is 0.484. The molecule has 4 nitrogen and oxygen atoms in total. The van der Waals surface area contributed by atoms with Gasteiger partial charge in [-0.05, 0) is 5.41 Å². The van der Waals surface area contributed by atoms with Gasteiger partial charge in [-0.25, -0.2) is 0 Å². The second kappa shape index (κ2) is 6.30. The number of carbonyl (C=O) groups excluding carboxylic acids is 2. The van der Waals surface area contributed by atoms with Crippen LogP contribution in [0, 0.1) is 5.41 Å². The Balaban J connectivity index is 3.86. The van der Waals surface area contributed by atoms with E-state index < -0.39 is 0 Å². The van der Waals surface area contributed by atoms with E-state index in [9.17, 15) is 9.59 Å². The van der Waals surface area contributed by atoms with Crippen LogP contribution in [-0.2, 0) is 14.3 Å². The number of hydrogen-bond donors (Lipinski definition) is 1. The zero-order valence-electron chi connectivity index (χ0n) is 9.59. The lowest BCUT2D eigenvalue weighted by molar-refractivity contribution is -0.139. The fourth-order valence-electron chi connectivity index (χ4n) is 0.959. The van der Waals surface area contributed by atoms with Crippen LogP contribution >= 0.6 is 22.6 Å². The highest BCUT2D eigenvalue weighted by Crippen LogP contribution is 2.17. The summed E-state index contributed by atoms with van der Waals surface area (Å²) in [5, 5.41) is 2.71. The summed E-state index contributed by atoms with van der Waals surface area (Å²) >= 11 is 1.95. The Morgan fingerprint density at radius 1 is 1.40 bits per heavy atom. The highest BCUT2D eigenvalue weighted by molar-refractivity contribution is 14.1. The number of ether oxygens (including phenoxy) is 1. The van der Waals surface area contributed by atoms with Crippen molar-refractivity contribution < 1.29 is 14.3 Å². The van der Waals surface area contributed by atoms with Crippen LogP contribution in [0.2, 0.25) is 0 Å². The minimum atomic E-state index is -0.323. The van der Waals surface area contributed by atoms with Gasteiger partial charge in [0.05, 0.1) is 7.11 Å². The molecule has 0 bridgehead atoms. The van der Waals surface area contributed by atoms with Crippen LogP contribution < -0.4 is 5.32 Å². The molecular formula is C10H18INO3. The number of carbonyl (C=O) groups is 2. The number of hydrogen-bond acceptors (Lipinski definition) is 3. The highest BCUT2D eigenvalue weighted by atomic mass is 127. The Bertz CT molecular complexity index is 235. The maximum Gasteiger partial charge on any atom is 0.320 e. The van der Waals surface area contributed by atoms with Crippen molar-refractivity contribution in [2.75, 3.05) is 13.7 Å². The van der Waals surface area contributed by atoms with Crippen LogP contribution in [0.4, 0.5) is 0 Å². The number of halogens is 1. The summed E-state index contributed by atoms with van der Waals surface area (Å²) in [6.45, 7) is 6.30. The second-order valence-electron chi connectivity index (χ2n) is 4.53. The molecule has 0 saturated carbocycles. The van der Waals surface area contributed by atoms with E-state index in [1.165, 1.54) is 7.11 Å². The van der Waals surface area contributed by atoms with Gasteiger partial charge >= 0.3 is 5.97 Å². The average molecular weight is 327 g/mol. The molecule has 0 aromatic carbocycles. The smallest absolute Gasteiger partial charge is 0.320 e. The minimum absolute atomic E-state index is 0.0316. The molecule has 0 saturated heterocycles. The molecule has 0 fully saturated rings. The first-order valence-corrected chi connectivity index (χ1v) is 5.99. The van der Waals surface area contributed by atoms with Crippen LogP contribution in [0.25, 0.3) is 0 Å². The van der Waals surface area contributed by atoms with Crippen molar-refractivity contribution in [3.63, 3.8) is 0 Å². The predicted molar refractivity (Wildman–Crippen MR) is 66.9 cm³/mol. The number of methoxy groups -OCH3 is 1. The Morgan fingerprint density at radius 3 is 2.33 bits per heavy atom. The molecule has 5 heteroatoms. The average Bonchev–Trinajstić information content (AvgIpc) is 2.10. The summed E-state index contributed by atoms with van der Waals surface area (Å²) in [6.07, 6.45) is 0.456. The SMILES string of the molecule is COC(=O)C(I)CNC(=O)CC(C)(C)C. The summed E-state index contributed by atoms with van der Waals surface area (Å²) < 4.78 is 4.22. The Hall–Kier alpha value is -0.330. The van der Waals surface area contributed by atoms with Crippen LogP contribution in [0.15, 0.2) is 0 Å². The third-order valence-electron chi connectivity index (χ3n) is 1.63. The van der Waals surface area contributed by atoms with Crippen molar-refractivity contribution in [1.82, 2.24) is 5.32 Å². The van der Waals surface area contributed by atoms with E-state index in [1.807, 2.05) is 43.4 Å². The number of amides is 1. The summed E-state index contributed by atoms with van der Waals surface area (Å²) in [4.78, 5) is 22.4. The molecule has 0 aromatic heterocycles. The zero-order chi connectivity index (χ0) is 12.1. The molecule has 0 heterocycles. The summed E-state index contributed by atoms with van der Waals surface area (Å²) in [5.74, 6) is -0.347. The van der Waals surface area contributed by atoms with Crippen LogP contribution in [0.1, 0.15) is 27.2 Å². The molecule has 0 aliphatic heterocycles. The number of rotatable bonds is 4. The molecule has 0 rings (SSSR count). The van der Waals surface area contributed by atoms with Gasteiger partial charge < -0.3 is 10.1 Å². The van der Waals surface area contributed by atoms with Crippen molar-refractivity contribution in [2.24, 2.45) is 5.41 Å². The molecule has 1 N–H and O–H groups in total. The number of alkyl halides is 1. The van der Waals surface area contributed by atoms with Gasteiger partial charge in [0.1, 0.15) is 3.92 Å². The molecule has 15 heavy (non-hydrogen) atoms. The highest BCUT2D eigenvalue weighted by Gasteiger charge is 2.19. The van der Waals surface area contributed by atoms with E-state index in [2.05, 4.69) is 10.1 Å². The molecule has 1 atom stereocenters. The van der Waals surface area contributed by atoms with Gasteiger partial charge in [0.15, 0.2) is 0 Å². The van der Waals surface area contributed by atoms with Gasteiger partial charge in [-0.3, -0.25) is 9.59 Å². The third-order valence-corrected chi connectivity index (χ3v) is 2.58. The Kier molecular flexibility index (Phi) is 6.16. The van der Waals surface area contributed by atoms with E-state index >= 15 is 0 Å². The summed E-state index contributed by atoms with van der Waals surface area (Å²) in [5.41, 5.74) is -0.0316. The molecular weight excluding hydrogens is 309 g/mol. The lowest BCUT2D eigenvalue weighted by Crippen LogP contribution is -2.35. The first-order valence-electron chi connectivity index (χ1n) is 4.75. The van der Waals surface area contributed by atoms with E-state index in [4.69, 9.17) is 0 Å². The van der Waals surface area contributed by atoms with Gasteiger partial charge in [-0.2, -0.15) is 0 Å². The molecule has 1 unspecified atom stereocenters. The van der Waals surface area contributed by atoms with Crippen molar-refractivity contribution in [1.29, 1.82) is 0 Å². The fraction of sp³-hybridized carbons (Fsp3) is 0.800. The van der Waals surface area contributed by atoms with Crippen molar-refractivity contribution in [3.05, 3.63) is 0 Å². The van der Waals surface area contributed by atoms with Gasteiger partial charge in [0.25, 0.3) is 0 Å². The molecule has 0 aromatic rings. The van der Waals surface area contributed by atoms with E-state index in [0.717, 1.165) is 0 Å². The number of nitrogens with one attached hydrogen (secondary N) is 1. The standard InChI is InChI=1S/C10H18INO3/c1-10(2,3)5-8(13)12-6-7(11)9(14)15-4/h7H,5-6H2,1-4H3,(H,12,13).